The second-order valence-corrected chi connectivity index (χ2v) is 5.94. The van der Waals surface area contributed by atoms with Gasteiger partial charge in [0.2, 0.25) is 5.91 Å². The lowest BCUT2D eigenvalue weighted by atomic mass is 10.2. The number of oxazole rings is 1. The molecule has 5 heteroatoms. The maximum absolute atomic E-state index is 12.3. The van der Waals surface area contributed by atoms with Crippen LogP contribution >= 0.6 is 11.6 Å². The van der Waals surface area contributed by atoms with Crippen molar-refractivity contribution >= 4 is 17.5 Å². The highest BCUT2D eigenvalue weighted by Gasteiger charge is 2.14. The molecule has 1 amide bonds. The van der Waals surface area contributed by atoms with E-state index in [9.17, 15) is 4.79 Å². The first-order valence-electron chi connectivity index (χ1n) is 8.12. The van der Waals surface area contributed by atoms with Gasteiger partial charge in [-0.25, -0.2) is 4.98 Å². The summed E-state index contributed by atoms with van der Waals surface area (Å²) in [6, 6.07) is 7.41. The molecule has 0 N–H and O–H groups in total. The fraction of sp³-hybridized carbons (Fsp3) is 0.444. The van der Waals surface area contributed by atoms with Crippen molar-refractivity contribution in [3.63, 3.8) is 0 Å². The van der Waals surface area contributed by atoms with Crippen LogP contribution in [0.15, 0.2) is 34.9 Å². The first-order chi connectivity index (χ1) is 11.1. The first-order valence-corrected chi connectivity index (χ1v) is 8.50. The number of carbonyl (C=O) groups is 1. The number of rotatable bonds is 8. The Morgan fingerprint density at radius 3 is 2.43 bits per heavy atom. The van der Waals surface area contributed by atoms with Crippen molar-refractivity contribution in [1.29, 1.82) is 0 Å². The molecule has 23 heavy (non-hydrogen) atoms. The van der Waals surface area contributed by atoms with Gasteiger partial charge in [-0.1, -0.05) is 25.4 Å². The van der Waals surface area contributed by atoms with Gasteiger partial charge in [-0.05, 0) is 37.1 Å². The Bertz CT molecular complexity index is 616. The zero-order valence-electron chi connectivity index (χ0n) is 13.7. The number of aryl methyl sites for hydroxylation is 1. The van der Waals surface area contributed by atoms with Crippen LogP contribution in [0.4, 0.5) is 0 Å². The van der Waals surface area contributed by atoms with Crippen LogP contribution in [-0.4, -0.2) is 28.9 Å². The van der Waals surface area contributed by atoms with Gasteiger partial charge in [-0.3, -0.25) is 4.79 Å². The van der Waals surface area contributed by atoms with Crippen LogP contribution in [0.5, 0.6) is 0 Å². The fourth-order valence-electron chi connectivity index (χ4n) is 2.45. The quantitative estimate of drug-likeness (QED) is 0.710. The largest absolute Gasteiger partial charge is 0.441 e. The Kier molecular flexibility index (Phi) is 6.66. The molecule has 2 rings (SSSR count). The van der Waals surface area contributed by atoms with Crippen LogP contribution in [0.1, 0.15) is 39.0 Å². The number of nitrogens with zero attached hydrogens (tertiary/aromatic N) is 2. The summed E-state index contributed by atoms with van der Waals surface area (Å²) < 4.78 is 5.73. The molecule has 2 aromatic rings. The summed E-state index contributed by atoms with van der Waals surface area (Å²) in [5.41, 5.74) is 0.929. The number of benzene rings is 1. The van der Waals surface area contributed by atoms with Crippen molar-refractivity contribution in [3.05, 3.63) is 41.4 Å². The van der Waals surface area contributed by atoms with E-state index in [0.717, 1.165) is 31.5 Å². The van der Waals surface area contributed by atoms with Crippen LogP contribution in [-0.2, 0) is 11.2 Å². The lowest BCUT2D eigenvalue weighted by Crippen LogP contribution is -2.32. The van der Waals surface area contributed by atoms with Crippen LogP contribution in [0.2, 0.25) is 5.02 Å². The molecular formula is C18H23ClN2O2. The number of hydrogen-bond donors (Lipinski definition) is 0. The Morgan fingerprint density at radius 1 is 1.17 bits per heavy atom. The number of carbonyl (C=O) groups excluding carboxylic acids is 1. The molecule has 4 nitrogen and oxygen atoms in total. The van der Waals surface area contributed by atoms with Gasteiger partial charge in [0.15, 0.2) is 11.7 Å². The van der Waals surface area contributed by atoms with E-state index in [-0.39, 0.29) is 5.91 Å². The van der Waals surface area contributed by atoms with Gasteiger partial charge in [0.25, 0.3) is 0 Å². The summed E-state index contributed by atoms with van der Waals surface area (Å²) in [7, 11) is 0. The molecule has 0 aliphatic rings. The third-order valence-electron chi connectivity index (χ3n) is 3.57. The predicted octanol–water partition coefficient (Wildman–Crippen LogP) is 4.58. The standard InChI is InChI=1S/C18H23ClN2O2/c1-3-11-21(12-4-2)18(22)10-9-17-20-13-16(23-17)14-5-7-15(19)8-6-14/h5-8,13H,3-4,9-12H2,1-2H3. The van der Waals surface area contributed by atoms with E-state index in [0.29, 0.717) is 29.5 Å². The van der Waals surface area contributed by atoms with E-state index in [1.54, 1.807) is 6.20 Å². The van der Waals surface area contributed by atoms with Gasteiger partial charge in [0, 0.05) is 36.5 Å². The summed E-state index contributed by atoms with van der Waals surface area (Å²) in [6.07, 6.45) is 4.60. The molecule has 0 aliphatic heterocycles. The molecule has 0 radical (unpaired) electrons. The van der Waals surface area contributed by atoms with Gasteiger partial charge < -0.3 is 9.32 Å². The van der Waals surface area contributed by atoms with Gasteiger partial charge >= 0.3 is 0 Å². The lowest BCUT2D eigenvalue weighted by Gasteiger charge is -2.21. The first kappa shape index (κ1) is 17.5. The maximum Gasteiger partial charge on any atom is 0.223 e. The Labute approximate surface area is 142 Å². The Hall–Kier alpha value is -1.81. The van der Waals surface area contributed by atoms with Crippen molar-refractivity contribution in [2.24, 2.45) is 0 Å². The highest BCUT2D eigenvalue weighted by atomic mass is 35.5. The van der Waals surface area contributed by atoms with E-state index in [1.165, 1.54) is 0 Å². The zero-order chi connectivity index (χ0) is 16.7. The normalized spacial score (nSPS) is 10.7. The van der Waals surface area contributed by atoms with E-state index in [4.69, 9.17) is 16.0 Å². The minimum absolute atomic E-state index is 0.167. The van der Waals surface area contributed by atoms with Crippen LogP contribution in [0.3, 0.4) is 0 Å². The van der Waals surface area contributed by atoms with Crippen molar-refractivity contribution < 1.29 is 9.21 Å². The zero-order valence-corrected chi connectivity index (χ0v) is 14.5. The molecule has 0 saturated carbocycles. The van der Waals surface area contributed by atoms with Crippen LogP contribution in [0, 0.1) is 0 Å². The molecule has 0 unspecified atom stereocenters. The van der Waals surface area contributed by atoms with E-state index >= 15 is 0 Å². The molecule has 1 aromatic heterocycles. The molecule has 0 fully saturated rings. The Balaban J connectivity index is 1.93. The third-order valence-corrected chi connectivity index (χ3v) is 3.83. The van der Waals surface area contributed by atoms with Crippen LogP contribution < -0.4 is 0 Å². The minimum atomic E-state index is 0.167. The maximum atomic E-state index is 12.3. The predicted molar refractivity (Wildman–Crippen MR) is 92.4 cm³/mol. The Morgan fingerprint density at radius 2 is 1.83 bits per heavy atom. The summed E-state index contributed by atoms with van der Waals surface area (Å²) >= 11 is 5.88. The van der Waals surface area contributed by atoms with Gasteiger partial charge in [-0.15, -0.1) is 0 Å². The van der Waals surface area contributed by atoms with Crippen molar-refractivity contribution in [1.82, 2.24) is 9.88 Å². The molecule has 0 bridgehead atoms. The molecule has 1 aromatic carbocycles. The second kappa shape index (κ2) is 8.73. The summed E-state index contributed by atoms with van der Waals surface area (Å²) in [5.74, 6) is 1.46. The number of aromatic nitrogens is 1. The molecule has 0 atom stereocenters. The monoisotopic (exact) mass is 334 g/mol. The highest BCUT2D eigenvalue weighted by molar-refractivity contribution is 6.30. The highest BCUT2D eigenvalue weighted by Crippen LogP contribution is 2.22. The summed E-state index contributed by atoms with van der Waals surface area (Å²) in [6.45, 7) is 5.80. The van der Waals surface area contributed by atoms with E-state index in [1.807, 2.05) is 29.2 Å². The van der Waals surface area contributed by atoms with Gasteiger partial charge in [0.05, 0.1) is 6.20 Å². The molecule has 0 aliphatic carbocycles. The summed E-state index contributed by atoms with van der Waals surface area (Å²) in [5, 5.41) is 0.686. The molecule has 1 heterocycles. The fourth-order valence-corrected chi connectivity index (χ4v) is 2.57. The second-order valence-electron chi connectivity index (χ2n) is 5.51. The lowest BCUT2D eigenvalue weighted by molar-refractivity contribution is -0.131. The molecule has 124 valence electrons. The molecular weight excluding hydrogens is 312 g/mol. The third kappa shape index (κ3) is 5.10. The van der Waals surface area contributed by atoms with E-state index < -0.39 is 0 Å². The topological polar surface area (TPSA) is 46.3 Å². The molecule has 0 saturated heterocycles. The minimum Gasteiger partial charge on any atom is -0.441 e. The van der Waals surface area contributed by atoms with Gasteiger partial charge in [-0.2, -0.15) is 0 Å². The smallest absolute Gasteiger partial charge is 0.223 e. The van der Waals surface area contributed by atoms with Crippen molar-refractivity contribution in [3.8, 4) is 11.3 Å². The van der Waals surface area contributed by atoms with Crippen LogP contribution in [0.25, 0.3) is 11.3 Å². The number of halogens is 1. The average Bonchev–Trinajstić information content (AvgIpc) is 3.02. The summed E-state index contributed by atoms with van der Waals surface area (Å²) in [4.78, 5) is 18.4. The SMILES string of the molecule is CCCN(CCC)C(=O)CCc1ncc(-c2ccc(Cl)cc2)o1. The molecule has 0 spiro atoms. The van der Waals surface area contributed by atoms with Gasteiger partial charge in [0.1, 0.15) is 0 Å². The van der Waals surface area contributed by atoms with Crippen molar-refractivity contribution in [2.45, 2.75) is 39.5 Å². The average molecular weight is 335 g/mol. The van der Waals surface area contributed by atoms with Crippen molar-refractivity contribution in [2.75, 3.05) is 13.1 Å². The van der Waals surface area contributed by atoms with E-state index in [2.05, 4.69) is 18.8 Å². The number of amides is 1. The number of hydrogen-bond acceptors (Lipinski definition) is 3.